The van der Waals surface area contributed by atoms with Crippen LogP contribution in [0, 0.1) is 11.8 Å². The van der Waals surface area contributed by atoms with Gasteiger partial charge in [-0.05, 0) is 75.5 Å². The summed E-state index contributed by atoms with van der Waals surface area (Å²) in [4.78, 5) is 240. The second-order valence-corrected chi connectivity index (χ2v) is 26.5. The molecule has 40 nitrogen and oxygen atoms in total. The molecule has 14 atom stereocenters. The monoisotopic (exact) mass is 1520 g/mol. The van der Waals surface area contributed by atoms with E-state index in [0.29, 0.717) is 30.5 Å². The van der Waals surface area contributed by atoms with E-state index < -0.39 is 248 Å². The van der Waals surface area contributed by atoms with Gasteiger partial charge < -0.3 is 118 Å². The number of aliphatic carboxylic acids is 2. The second-order valence-electron chi connectivity index (χ2n) is 26.5. The Morgan fingerprint density at radius 3 is 1.44 bits per heavy atom. The summed E-state index contributed by atoms with van der Waals surface area (Å²) < 4.78 is 0. The molecule has 40 heteroatoms. The molecule has 1 aliphatic rings. The maximum atomic E-state index is 14.6. The number of likely N-dealkylation sites (tertiary alicyclic amines) is 1. The number of aliphatic hydroxyl groups is 2. The van der Waals surface area contributed by atoms with Crippen LogP contribution in [0.4, 0.5) is 0 Å². The standard InChI is InChI=1S/C68H102N18O22/c1-33(2)53(66(106)74-31-50(91)76-46(32-87)64(104)77-40(22-23-51(92)93)59(99)75-35(5)57(97)78-41(56(73)96)26-37-16-9-7-10-17-37)83-63(103)44(29-49(72)90)82-67(107)55(36(6)88)85-65(105)47-21-15-25-86(47)68(108)54(34(3)4)84-62(102)42(27-38-18-11-8-12-19-38)80-60(100)43(28-48(71)89)81-61(101)45(30-52(94)95)79-58(98)39(70)20-13-14-24-69/h7-12,16-19,33-36,39-47,53-55,87-88H,13-15,20-32,69-70H2,1-6H3,(H2,71,89)(H2,72,90)(H2,73,96)(H,74,106)(H,75,99)(H,76,91)(H,77,104)(H,78,97)(H,79,98)(H,80,100)(H,81,101)(H,82,107)(H,83,103)(H,84,102)(H,85,105)(H,92,93)(H,94,95). The Balaban J connectivity index is 1.76. The predicted molar refractivity (Wildman–Crippen MR) is 380 cm³/mol. The molecule has 0 radical (unpaired) electrons. The van der Waals surface area contributed by atoms with Gasteiger partial charge in [0.15, 0.2) is 0 Å². The van der Waals surface area contributed by atoms with Crippen LogP contribution in [0.2, 0.25) is 0 Å². The van der Waals surface area contributed by atoms with Crippen LogP contribution in [-0.4, -0.2) is 243 Å². The molecule has 0 spiro atoms. The van der Waals surface area contributed by atoms with Gasteiger partial charge in [-0.15, -0.1) is 0 Å². The Morgan fingerprint density at radius 1 is 0.481 bits per heavy atom. The van der Waals surface area contributed by atoms with Crippen molar-refractivity contribution in [3.05, 3.63) is 71.8 Å². The first kappa shape index (κ1) is 91.0. The van der Waals surface area contributed by atoms with Crippen LogP contribution in [0.5, 0.6) is 0 Å². The number of hydrogen-bond donors (Lipinski definition) is 21. The number of nitrogens with one attached hydrogen (secondary N) is 12. The van der Waals surface area contributed by atoms with Gasteiger partial charge in [0, 0.05) is 25.8 Å². The van der Waals surface area contributed by atoms with E-state index in [1.807, 2.05) is 0 Å². The van der Waals surface area contributed by atoms with Gasteiger partial charge in [-0.2, -0.15) is 0 Å². The fraction of sp³-hybridized carbons (Fsp3) is 0.559. The van der Waals surface area contributed by atoms with Gasteiger partial charge >= 0.3 is 11.9 Å². The number of nitrogens with zero attached hydrogens (tertiary/aromatic N) is 1. The average Bonchev–Trinajstić information content (AvgIpc) is 1.56. The van der Waals surface area contributed by atoms with E-state index in [-0.39, 0.29) is 38.6 Å². The van der Waals surface area contributed by atoms with Crippen LogP contribution >= 0.6 is 0 Å². The van der Waals surface area contributed by atoms with Crippen molar-refractivity contribution in [2.24, 2.45) is 40.5 Å². The zero-order valence-electron chi connectivity index (χ0n) is 60.8. The maximum Gasteiger partial charge on any atom is 0.305 e. The van der Waals surface area contributed by atoms with Crippen molar-refractivity contribution in [3.8, 4) is 0 Å². The average molecular weight is 1520 g/mol. The minimum absolute atomic E-state index is 0.000310. The van der Waals surface area contributed by atoms with Gasteiger partial charge in [0.25, 0.3) is 0 Å². The lowest BCUT2D eigenvalue weighted by Crippen LogP contribution is -2.62. The molecule has 0 bridgehead atoms. The van der Waals surface area contributed by atoms with Gasteiger partial charge in [-0.1, -0.05) is 94.8 Å². The smallest absolute Gasteiger partial charge is 0.305 e. The molecular formula is C68H102N18O22. The minimum Gasteiger partial charge on any atom is -0.481 e. The molecule has 16 amide bonds. The minimum atomic E-state index is -1.93. The van der Waals surface area contributed by atoms with Crippen molar-refractivity contribution in [1.82, 2.24) is 68.7 Å². The van der Waals surface area contributed by atoms with Crippen molar-refractivity contribution in [2.75, 3.05) is 26.2 Å². The summed E-state index contributed by atoms with van der Waals surface area (Å²) in [6.45, 7) is 6.44. The summed E-state index contributed by atoms with van der Waals surface area (Å²) in [5.41, 5.74) is 29.0. The molecule has 0 aromatic heterocycles. The second kappa shape index (κ2) is 45.3. The highest BCUT2D eigenvalue weighted by molar-refractivity contribution is 6.02. The van der Waals surface area contributed by atoms with E-state index in [9.17, 15) is 107 Å². The Bertz CT molecular complexity index is 3510. The van der Waals surface area contributed by atoms with Crippen molar-refractivity contribution in [3.63, 3.8) is 0 Å². The SMILES string of the molecule is CC(NC(=O)C(CCC(=O)O)NC(=O)C(CO)NC(=O)CNC(=O)C(NC(=O)C(CC(N)=O)NC(=O)C(NC(=O)C1CCCN1C(=O)C(NC(=O)C(Cc1ccccc1)NC(=O)C(CC(N)=O)NC(=O)C(CC(=O)O)NC(=O)C(N)CCCCN)C(C)C)C(C)O)C(C)C)C(=O)NC(Cc1ccccc1)C(N)=O. The highest BCUT2D eigenvalue weighted by atomic mass is 16.4. The van der Waals surface area contributed by atoms with Gasteiger partial charge in [-0.3, -0.25) is 86.3 Å². The molecule has 26 N–H and O–H groups in total. The molecule has 108 heavy (non-hydrogen) atoms. The lowest BCUT2D eigenvalue weighted by molar-refractivity contribution is -0.144. The van der Waals surface area contributed by atoms with Gasteiger partial charge in [0.2, 0.25) is 94.5 Å². The summed E-state index contributed by atoms with van der Waals surface area (Å²) in [5, 5.41) is 67.9. The molecule has 1 saturated heterocycles. The van der Waals surface area contributed by atoms with Crippen molar-refractivity contribution in [2.45, 2.75) is 203 Å². The molecule has 14 unspecified atom stereocenters. The fourth-order valence-corrected chi connectivity index (χ4v) is 11.0. The van der Waals surface area contributed by atoms with Crippen LogP contribution in [0.1, 0.15) is 117 Å². The first-order chi connectivity index (χ1) is 50.8. The van der Waals surface area contributed by atoms with Crippen LogP contribution in [0.3, 0.4) is 0 Å². The third kappa shape index (κ3) is 31.1. The Morgan fingerprint density at radius 2 is 0.944 bits per heavy atom. The number of nitrogens with two attached hydrogens (primary N) is 5. The molecule has 1 heterocycles. The van der Waals surface area contributed by atoms with Crippen LogP contribution in [0.25, 0.3) is 0 Å². The quantitative estimate of drug-likeness (QED) is 0.0274. The Kier molecular flexibility index (Phi) is 38.1. The summed E-state index contributed by atoms with van der Waals surface area (Å²) in [6.07, 6.45) is -4.89. The van der Waals surface area contributed by atoms with Crippen LogP contribution < -0.4 is 92.5 Å². The third-order valence-electron chi connectivity index (χ3n) is 16.9. The molecule has 1 fully saturated rings. The lowest BCUT2D eigenvalue weighted by atomic mass is 9.99. The number of carbonyl (C=O) groups excluding carboxylic acids is 16. The Labute approximate surface area is 621 Å². The van der Waals surface area contributed by atoms with Gasteiger partial charge in [-0.25, -0.2) is 0 Å². The molecule has 596 valence electrons. The molecule has 0 saturated carbocycles. The number of unbranched alkanes of at least 4 members (excludes halogenated alkanes) is 1. The van der Waals surface area contributed by atoms with E-state index in [1.165, 1.54) is 20.8 Å². The van der Waals surface area contributed by atoms with E-state index >= 15 is 0 Å². The molecule has 1 aliphatic heterocycles. The number of carboxylic acid groups (broad SMARTS) is 2. The predicted octanol–water partition coefficient (Wildman–Crippen LogP) is -8.35. The molecule has 0 aliphatic carbocycles. The van der Waals surface area contributed by atoms with Crippen LogP contribution in [-0.2, 0) is 99.1 Å². The highest BCUT2D eigenvalue weighted by Gasteiger charge is 2.43. The van der Waals surface area contributed by atoms with Gasteiger partial charge in [0.05, 0.1) is 44.6 Å². The zero-order valence-corrected chi connectivity index (χ0v) is 60.8. The summed E-state index contributed by atoms with van der Waals surface area (Å²) >= 11 is 0. The number of carboxylic acids is 2. The normalized spacial score (nSPS) is 16.1. The van der Waals surface area contributed by atoms with Crippen molar-refractivity contribution < 1.29 is 107 Å². The maximum absolute atomic E-state index is 14.6. The van der Waals surface area contributed by atoms with Gasteiger partial charge in [0.1, 0.15) is 72.5 Å². The van der Waals surface area contributed by atoms with Crippen molar-refractivity contribution >= 4 is 106 Å². The first-order valence-corrected chi connectivity index (χ1v) is 34.8. The molecule has 2 aromatic rings. The number of amides is 16. The number of benzene rings is 2. The fourth-order valence-electron chi connectivity index (χ4n) is 11.0. The summed E-state index contributed by atoms with van der Waals surface area (Å²) in [5.74, 6) is -21.7. The Hall–Kier alpha value is -11.3. The first-order valence-electron chi connectivity index (χ1n) is 34.8. The molecule has 2 aromatic carbocycles. The van der Waals surface area contributed by atoms with E-state index in [2.05, 4.69) is 63.8 Å². The molecule has 3 rings (SSSR count). The number of carbonyl (C=O) groups is 18. The zero-order chi connectivity index (χ0) is 81.2. The topological polar surface area (TPSA) is 666 Å². The number of rotatable bonds is 47. The largest absolute Gasteiger partial charge is 0.481 e. The van der Waals surface area contributed by atoms with E-state index in [0.717, 1.165) is 11.8 Å². The number of primary amides is 3. The van der Waals surface area contributed by atoms with Crippen molar-refractivity contribution in [1.29, 1.82) is 0 Å². The third-order valence-corrected chi connectivity index (χ3v) is 16.9. The lowest BCUT2D eigenvalue weighted by Gasteiger charge is -2.33. The highest BCUT2D eigenvalue weighted by Crippen LogP contribution is 2.22. The summed E-state index contributed by atoms with van der Waals surface area (Å²) in [7, 11) is 0. The number of aliphatic hydroxyl groups excluding tert-OH is 2. The summed E-state index contributed by atoms with van der Waals surface area (Å²) in [6, 6.07) is -4.28. The molecular weight excluding hydrogens is 1420 g/mol. The number of hydrogen-bond acceptors (Lipinski definition) is 22. The van der Waals surface area contributed by atoms with E-state index in [4.69, 9.17) is 28.7 Å². The van der Waals surface area contributed by atoms with E-state index in [1.54, 1.807) is 74.5 Å². The van der Waals surface area contributed by atoms with Crippen LogP contribution in [0.15, 0.2) is 60.7 Å².